The Morgan fingerprint density at radius 3 is 2.52 bits per heavy atom. The zero-order chi connectivity index (χ0) is 21.7. The van der Waals surface area contributed by atoms with Gasteiger partial charge in [-0.1, -0.05) is 36.4 Å². The van der Waals surface area contributed by atoms with E-state index in [1.807, 2.05) is 30.3 Å². The molecule has 2 unspecified atom stereocenters. The van der Waals surface area contributed by atoms with E-state index >= 15 is 0 Å². The largest absolute Gasteiger partial charge is 0.328 e. The Hall–Kier alpha value is -3.35. The third-order valence-electron chi connectivity index (χ3n) is 6.65. The van der Waals surface area contributed by atoms with Crippen molar-refractivity contribution in [2.24, 2.45) is 4.99 Å². The average molecular weight is 418 g/mol. The average Bonchev–Trinajstić information content (AvgIpc) is 3.34. The maximum Gasteiger partial charge on any atom is 0.328 e. The zero-order valence-electron chi connectivity index (χ0n) is 18.2. The fourth-order valence-electron chi connectivity index (χ4n) is 4.67. The van der Waals surface area contributed by atoms with E-state index in [2.05, 4.69) is 41.8 Å². The molecule has 0 aromatic heterocycles. The molecule has 2 aromatic carbocycles. The van der Waals surface area contributed by atoms with Gasteiger partial charge in [-0.3, -0.25) is 9.69 Å². The SMILES string of the molecule is Cc1ccc(N2CCN3C2=NC2C3C(=O)N(CCc3ccccc3)C(=O)N2C)cc1C. The first-order valence-electron chi connectivity index (χ1n) is 10.8. The van der Waals surface area contributed by atoms with Crippen molar-refractivity contribution in [2.45, 2.75) is 32.5 Å². The van der Waals surface area contributed by atoms with Gasteiger partial charge in [-0.15, -0.1) is 0 Å². The van der Waals surface area contributed by atoms with Crippen LogP contribution < -0.4 is 4.90 Å². The van der Waals surface area contributed by atoms with Gasteiger partial charge in [0, 0.05) is 32.4 Å². The Labute approximate surface area is 182 Å². The number of likely N-dealkylation sites (N-methyl/N-ethyl adjacent to an activating group) is 1. The molecule has 2 aromatic rings. The molecule has 0 spiro atoms. The van der Waals surface area contributed by atoms with Crippen LogP contribution in [0.15, 0.2) is 53.5 Å². The molecular weight excluding hydrogens is 390 g/mol. The van der Waals surface area contributed by atoms with Crippen molar-refractivity contribution in [3.05, 3.63) is 65.2 Å². The number of carbonyl (C=O) groups excluding carboxylic acids is 2. The number of hydrogen-bond acceptors (Lipinski definition) is 5. The van der Waals surface area contributed by atoms with E-state index in [1.54, 1.807) is 11.9 Å². The zero-order valence-corrected chi connectivity index (χ0v) is 18.2. The Kier molecular flexibility index (Phi) is 4.68. The number of aryl methyl sites for hydroxylation is 2. The van der Waals surface area contributed by atoms with E-state index < -0.39 is 12.2 Å². The number of urea groups is 1. The quantitative estimate of drug-likeness (QED) is 0.767. The number of benzene rings is 2. The van der Waals surface area contributed by atoms with Crippen molar-refractivity contribution in [1.82, 2.24) is 14.7 Å². The molecule has 3 heterocycles. The molecule has 3 aliphatic heterocycles. The van der Waals surface area contributed by atoms with Crippen LogP contribution in [-0.2, 0) is 11.2 Å². The van der Waals surface area contributed by atoms with E-state index in [4.69, 9.17) is 4.99 Å². The molecule has 3 amide bonds. The lowest BCUT2D eigenvalue weighted by atomic mass is 10.1. The fraction of sp³-hybridized carbons (Fsp3) is 0.375. The Morgan fingerprint density at radius 2 is 1.77 bits per heavy atom. The van der Waals surface area contributed by atoms with Crippen LogP contribution in [0.2, 0.25) is 0 Å². The van der Waals surface area contributed by atoms with Crippen molar-refractivity contribution < 1.29 is 9.59 Å². The molecule has 7 heteroatoms. The van der Waals surface area contributed by atoms with Gasteiger partial charge in [0.15, 0.2) is 12.2 Å². The van der Waals surface area contributed by atoms with Crippen molar-refractivity contribution in [3.63, 3.8) is 0 Å². The van der Waals surface area contributed by atoms with Gasteiger partial charge in [0.25, 0.3) is 5.91 Å². The standard InChI is InChI=1S/C24H27N5O2/c1-16-9-10-19(15-17(16)2)27-13-14-28-20-21(25-23(27)28)26(3)24(31)29(22(20)30)12-11-18-7-5-4-6-8-18/h4-10,15,20-21H,11-14H2,1-3H3. The number of nitrogens with zero attached hydrogens (tertiary/aromatic N) is 5. The molecule has 2 saturated heterocycles. The van der Waals surface area contributed by atoms with E-state index in [0.717, 1.165) is 23.8 Å². The highest BCUT2D eigenvalue weighted by Crippen LogP contribution is 2.33. The molecule has 2 atom stereocenters. The minimum atomic E-state index is -0.475. The maximum absolute atomic E-state index is 13.4. The summed E-state index contributed by atoms with van der Waals surface area (Å²) in [6, 6.07) is 15.6. The van der Waals surface area contributed by atoms with Gasteiger partial charge in [0.2, 0.25) is 5.96 Å². The summed E-state index contributed by atoms with van der Waals surface area (Å²) in [6.07, 6.45) is 0.170. The number of imide groups is 1. The van der Waals surface area contributed by atoms with Crippen LogP contribution in [0, 0.1) is 13.8 Å². The highest BCUT2D eigenvalue weighted by atomic mass is 16.2. The number of hydrogen-bond donors (Lipinski definition) is 0. The van der Waals surface area contributed by atoms with E-state index in [9.17, 15) is 9.59 Å². The second-order valence-electron chi connectivity index (χ2n) is 8.52. The molecule has 0 saturated carbocycles. The summed E-state index contributed by atoms with van der Waals surface area (Å²) in [4.78, 5) is 38.5. The number of guanidine groups is 1. The number of amides is 3. The predicted octanol–water partition coefficient (Wildman–Crippen LogP) is 2.63. The van der Waals surface area contributed by atoms with Crippen LogP contribution in [0.25, 0.3) is 0 Å². The highest BCUT2D eigenvalue weighted by Gasteiger charge is 2.54. The van der Waals surface area contributed by atoms with E-state index in [0.29, 0.717) is 19.5 Å². The first-order chi connectivity index (χ1) is 15.0. The fourth-order valence-corrected chi connectivity index (χ4v) is 4.67. The predicted molar refractivity (Wildman–Crippen MR) is 120 cm³/mol. The second kappa shape index (κ2) is 7.41. The minimum absolute atomic E-state index is 0.148. The second-order valence-corrected chi connectivity index (χ2v) is 8.52. The van der Waals surface area contributed by atoms with Gasteiger partial charge in [-0.05, 0) is 49.1 Å². The Bertz CT molecular complexity index is 1070. The van der Waals surface area contributed by atoms with Gasteiger partial charge in [-0.2, -0.15) is 0 Å². The van der Waals surface area contributed by atoms with Gasteiger partial charge in [-0.25, -0.2) is 9.79 Å². The number of anilines is 1. The van der Waals surface area contributed by atoms with E-state index in [1.165, 1.54) is 16.0 Å². The van der Waals surface area contributed by atoms with Gasteiger partial charge >= 0.3 is 6.03 Å². The van der Waals surface area contributed by atoms with Crippen molar-refractivity contribution in [1.29, 1.82) is 0 Å². The van der Waals surface area contributed by atoms with Crippen molar-refractivity contribution >= 4 is 23.6 Å². The van der Waals surface area contributed by atoms with Crippen LogP contribution in [0.3, 0.4) is 0 Å². The lowest BCUT2D eigenvalue weighted by molar-refractivity contribution is -0.137. The summed E-state index contributed by atoms with van der Waals surface area (Å²) in [7, 11) is 1.74. The summed E-state index contributed by atoms with van der Waals surface area (Å²) in [5, 5.41) is 0. The number of carbonyl (C=O) groups is 2. The molecular formula is C24H27N5O2. The monoisotopic (exact) mass is 417 g/mol. The molecule has 0 radical (unpaired) electrons. The first kappa shape index (κ1) is 19.6. The topological polar surface area (TPSA) is 59.5 Å². The third kappa shape index (κ3) is 3.15. The molecule has 0 bridgehead atoms. The molecule has 2 fully saturated rings. The summed E-state index contributed by atoms with van der Waals surface area (Å²) in [5.74, 6) is 0.640. The normalized spacial score (nSPS) is 22.7. The molecule has 0 aliphatic carbocycles. The highest BCUT2D eigenvalue weighted by molar-refractivity contribution is 6.08. The third-order valence-corrected chi connectivity index (χ3v) is 6.65. The lowest BCUT2D eigenvalue weighted by Gasteiger charge is -2.40. The molecule has 7 nitrogen and oxygen atoms in total. The Balaban J connectivity index is 1.39. The Morgan fingerprint density at radius 1 is 1.00 bits per heavy atom. The van der Waals surface area contributed by atoms with Crippen LogP contribution in [0.4, 0.5) is 10.5 Å². The summed E-state index contributed by atoms with van der Waals surface area (Å²) in [5.41, 5.74) is 4.66. The molecule has 3 aliphatic rings. The van der Waals surface area contributed by atoms with Crippen LogP contribution in [-0.4, -0.2) is 71.5 Å². The molecule has 160 valence electrons. The number of aliphatic imine (C=N–C) groups is 1. The van der Waals surface area contributed by atoms with Crippen molar-refractivity contribution in [2.75, 3.05) is 31.6 Å². The lowest BCUT2D eigenvalue weighted by Crippen LogP contribution is -2.65. The maximum atomic E-state index is 13.4. The summed E-state index contributed by atoms with van der Waals surface area (Å²) >= 11 is 0. The number of fused-ring (bicyclic) bond motifs is 3. The van der Waals surface area contributed by atoms with Gasteiger partial charge in [0.05, 0.1) is 0 Å². The van der Waals surface area contributed by atoms with E-state index in [-0.39, 0.29) is 11.9 Å². The van der Waals surface area contributed by atoms with Crippen molar-refractivity contribution in [3.8, 4) is 0 Å². The summed E-state index contributed by atoms with van der Waals surface area (Å²) < 4.78 is 0. The number of rotatable bonds is 4. The van der Waals surface area contributed by atoms with Crippen LogP contribution >= 0.6 is 0 Å². The molecule has 5 rings (SSSR count). The minimum Gasteiger partial charge on any atom is -0.325 e. The van der Waals surface area contributed by atoms with Gasteiger partial charge in [0.1, 0.15) is 0 Å². The van der Waals surface area contributed by atoms with Crippen LogP contribution in [0.5, 0.6) is 0 Å². The van der Waals surface area contributed by atoms with Crippen LogP contribution in [0.1, 0.15) is 16.7 Å². The van der Waals surface area contributed by atoms with Gasteiger partial charge < -0.3 is 14.7 Å². The molecule has 0 N–H and O–H groups in total. The first-order valence-corrected chi connectivity index (χ1v) is 10.8. The molecule has 31 heavy (non-hydrogen) atoms. The smallest absolute Gasteiger partial charge is 0.325 e. The summed E-state index contributed by atoms with van der Waals surface area (Å²) in [6.45, 7) is 6.07.